The molecule has 1 aliphatic heterocycles. The third-order valence-electron chi connectivity index (χ3n) is 3.20. The van der Waals surface area contributed by atoms with Crippen molar-refractivity contribution in [1.29, 1.82) is 0 Å². The number of nitrogens with one attached hydrogen (secondary N) is 1. The van der Waals surface area contributed by atoms with Gasteiger partial charge < -0.3 is 10.1 Å². The highest BCUT2D eigenvalue weighted by atomic mass is 79.9. The lowest BCUT2D eigenvalue weighted by molar-refractivity contribution is 0.0117. The van der Waals surface area contributed by atoms with Gasteiger partial charge in [-0.3, -0.25) is 4.79 Å². The van der Waals surface area contributed by atoms with E-state index in [4.69, 9.17) is 4.74 Å². The van der Waals surface area contributed by atoms with Gasteiger partial charge in [0, 0.05) is 17.6 Å². The molecule has 0 aromatic heterocycles. The smallest absolute Gasteiger partial charge is 0.254 e. The zero-order valence-electron chi connectivity index (χ0n) is 10.6. The van der Waals surface area contributed by atoms with Gasteiger partial charge >= 0.3 is 0 Å². The number of halogens is 2. The van der Waals surface area contributed by atoms with E-state index in [0.717, 1.165) is 25.9 Å². The predicted molar refractivity (Wildman–Crippen MR) is 74.6 cm³/mol. The van der Waals surface area contributed by atoms with E-state index >= 15 is 0 Å². The van der Waals surface area contributed by atoms with Crippen LogP contribution in [-0.4, -0.2) is 25.2 Å². The molecule has 1 atom stereocenters. The minimum absolute atomic E-state index is 0.0766. The second-order valence-corrected chi connectivity index (χ2v) is 5.57. The van der Waals surface area contributed by atoms with Crippen molar-refractivity contribution < 1.29 is 13.9 Å². The van der Waals surface area contributed by atoms with Crippen LogP contribution in [0, 0.1) is 5.82 Å². The standard InChI is InChI=1S/C14H17BrFNO2/c15-10-4-5-12(13(16)9-10)14(18)17-7-6-11-3-1-2-8-19-11/h4-5,9,11H,1-3,6-8H2,(H,17,18). The lowest BCUT2D eigenvalue weighted by Gasteiger charge is -2.22. The van der Waals surface area contributed by atoms with E-state index in [1.54, 1.807) is 6.07 Å². The van der Waals surface area contributed by atoms with E-state index < -0.39 is 5.82 Å². The van der Waals surface area contributed by atoms with Crippen molar-refractivity contribution >= 4 is 21.8 Å². The highest BCUT2D eigenvalue weighted by molar-refractivity contribution is 9.10. The Hall–Kier alpha value is -0.940. The third-order valence-corrected chi connectivity index (χ3v) is 3.69. The van der Waals surface area contributed by atoms with Gasteiger partial charge in [0.25, 0.3) is 5.91 Å². The van der Waals surface area contributed by atoms with Crippen LogP contribution >= 0.6 is 15.9 Å². The zero-order valence-corrected chi connectivity index (χ0v) is 12.2. The van der Waals surface area contributed by atoms with Crippen molar-refractivity contribution in [2.45, 2.75) is 31.8 Å². The first-order valence-electron chi connectivity index (χ1n) is 6.51. The fourth-order valence-corrected chi connectivity index (χ4v) is 2.48. The summed E-state index contributed by atoms with van der Waals surface area (Å²) in [7, 11) is 0. The molecule has 3 nitrogen and oxygen atoms in total. The van der Waals surface area contributed by atoms with Crippen molar-refractivity contribution in [3.05, 3.63) is 34.1 Å². The van der Waals surface area contributed by atoms with E-state index in [9.17, 15) is 9.18 Å². The second-order valence-electron chi connectivity index (χ2n) is 4.66. The molecule has 0 aliphatic carbocycles. The van der Waals surface area contributed by atoms with Crippen molar-refractivity contribution in [2.24, 2.45) is 0 Å². The molecule has 1 aromatic carbocycles. The predicted octanol–water partition coefficient (Wildman–Crippen LogP) is 3.28. The van der Waals surface area contributed by atoms with E-state index in [0.29, 0.717) is 11.0 Å². The molecule has 19 heavy (non-hydrogen) atoms. The van der Waals surface area contributed by atoms with Crippen LogP contribution in [0.2, 0.25) is 0 Å². The summed E-state index contributed by atoms with van der Waals surface area (Å²) in [4.78, 5) is 11.8. The first kappa shape index (κ1) is 14.5. The third kappa shape index (κ3) is 4.28. The fourth-order valence-electron chi connectivity index (χ4n) is 2.15. The molecule has 0 saturated carbocycles. The quantitative estimate of drug-likeness (QED) is 0.920. The average molecular weight is 330 g/mol. The van der Waals surface area contributed by atoms with Gasteiger partial charge in [0.1, 0.15) is 5.82 Å². The molecule has 0 spiro atoms. The van der Waals surface area contributed by atoms with Crippen LogP contribution in [0.4, 0.5) is 4.39 Å². The first-order valence-corrected chi connectivity index (χ1v) is 7.31. The Kier molecular flexibility index (Phi) is 5.34. The number of ether oxygens (including phenoxy) is 1. The molecule has 1 unspecified atom stereocenters. The van der Waals surface area contributed by atoms with E-state index in [2.05, 4.69) is 21.2 Å². The Morgan fingerprint density at radius 1 is 1.47 bits per heavy atom. The Labute approximate surface area is 120 Å². The Balaban J connectivity index is 1.80. The van der Waals surface area contributed by atoms with Crippen LogP contribution in [0.1, 0.15) is 36.0 Å². The minimum atomic E-state index is -0.513. The lowest BCUT2D eigenvalue weighted by Crippen LogP contribution is -2.29. The number of hydrogen-bond acceptors (Lipinski definition) is 2. The number of carbonyl (C=O) groups is 1. The molecule has 1 aliphatic rings. The minimum Gasteiger partial charge on any atom is -0.378 e. The van der Waals surface area contributed by atoms with Crippen LogP contribution in [0.25, 0.3) is 0 Å². The SMILES string of the molecule is O=C(NCCC1CCCCO1)c1ccc(Br)cc1F. The molecule has 0 radical (unpaired) electrons. The maximum absolute atomic E-state index is 13.6. The molecule has 1 fully saturated rings. The van der Waals surface area contributed by atoms with Gasteiger partial charge in [-0.2, -0.15) is 0 Å². The van der Waals surface area contributed by atoms with Gasteiger partial charge in [0.05, 0.1) is 11.7 Å². The number of amides is 1. The Morgan fingerprint density at radius 3 is 3.00 bits per heavy atom. The number of carbonyl (C=O) groups excluding carboxylic acids is 1. The van der Waals surface area contributed by atoms with Gasteiger partial charge in [-0.1, -0.05) is 15.9 Å². The van der Waals surface area contributed by atoms with Gasteiger partial charge in [0.2, 0.25) is 0 Å². The Bertz CT molecular complexity index is 447. The monoisotopic (exact) mass is 329 g/mol. The van der Waals surface area contributed by atoms with Crippen molar-refractivity contribution in [2.75, 3.05) is 13.2 Å². The molecule has 1 heterocycles. The second kappa shape index (κ2) is 7.01. The number of benzene rings is 1. The summed E-state index contributed by atoms with van der Waals surface area (Å²) in [6.07, 6.45) is 4.35. The molecular formula is C14H17BrFNO2. The van der Waals surface area contributed by atoms with Crippen LogP contribution in [-0.2, 0) is 4.74 Å². The summed E-state index contributed by atoms with van der Waals surface area (Å²) in [5.74, 6) is -0.887. The van der Waals surface area contributed by atoms with Gasteiger partial charge in [-0.05, 0) is 43.9 Å². The molecule has 104 valence electrons. The van der Waals surface area contributed by atoms with Gasteiger partial charge in [-0.25, -0.2) is 4.39 Å². The lowest BCUT2D eigenvalue weighted by atomic mass is 10.1. The normalized spacial score (nSPS) is 19.2. The van der Waals surface area contributed by atoms with Crippen LogP contribution in [0.3, 0.4) is 0 Å². The molecular weight excluding hydrogens is 313 g/mol. The van der Waals surface area contributed by atoms with Crippen molar-refractivity contribution in [1.82, 2.24) is 5.32 Å². The summed E-state index contributed by atoms with van der Waals surface area (Å²) >= 11 is 3.16. The molecule has 2 rings (SSSR count). The van der Waals surface area contributed by atoms with Gasteiger partial charge in [-0.15, -0.1) is 0 Å². The first-order chi connectivity index (χ1) is 9.16. The van der Waals surface area contributed by atoms with E-state index in [-0.39, 0.29) is 17.6 Å². The highest BCUT2D eigenvalue weighted by Crippen LogP contribution is 2.16. The summed E-state index contributed by atoms with van der Waals surface area (Å²) < 4.78 is 19.8. The highest BCUT2D eigenvalue weighted by Gasteiger charge is 2.15. The van der Waals surface area contributed by atoms with Crippen LogP contribution in [0.15, 0.2) is 22.7 Å². The molecule has 1 N–H and O–H groups in total. The maximum Gasteiger partial charge on any atom is 0.254 e. The molecule has 1 aromatic rings. The fraction of sp³-hybridized carbons (Fsp3) is 0.500. The largest absolute Gasteiger partial charge is 0.378 e. The molecule has 5 heteroatoms. The van der Waals surface area contributed by atoms with Crippen molar-refractivity contribution in [3.63, 3.8) is 0 Å². The summed E-state index contributed by atoms with van der Waals surface area (Å²) in [6, 6.07) is 4.42. The van der Waals surface area contributed by atoms with E-state index in [1.807, 2.05) is 0 Å². The number of rotatable bonds is 4. The van der Waals surface area contributed by atoms with Gasteiger partial charge in [0.15, 0.2) is 0 Å². The summed E-state index contributed by atoms with van der Waals surface area (Å²) in [5.41, 5.74) is 0.0766. The zero-order chi connectivity index (χ0) is 13.7. The van der Waals surface area contributed by atoms with Crippen LogP contribution in [0.5, 0.6) is 0 Å². The Morgan fingerprint density at radius 2 is 2.32 bits per heavy atom. The molecule has 1 amide bonds. The van der Waals surface area contributed by atoms with E-state index in [1.165, 1.54) is 18.6 Å². The van der Waals surface area contributed by atoms with Crippen molar-refractivity contribution in [3.8, 4) is 0 Å². The summed E-state index contributed by atoms with van der Waals surface area (Å²) in [6.45, 7) is 1.32. The number of hydrogen-bond donors (Lipinski definition) is 1. The maximum atomic E-state index is 13.6. The topological polar surface area (TPSA) is 38.3 Å². The molecule has 1 saturated heterocycles. The van der Waals surface area contributed by atoms with Crippen LogP contribution < -0.4 is 5.32 Å². The summed E-state index contributed by atoms with van der Waals surface area (Å²) in [5, 5.41) is 2.73. The average Bonchev–Trinajstić information content (AvgIpc) is 2.39. The molecule has 0 bridgehead atoms.